The summed E-state index contributed by atoms with van der Waals surface area (Å²) in [6.45, 7) is 6.47. The fourth-order valence-electron chi connectivity index (χ4n) is 1.16. The first-order valence-electron chi connectivity index (χ1n) is 4.53. The molecule has 0 amide bonds. The Balaban J connectivity index is 2.44. The second-order valence-corrected chi connectivity index (χ2v) is 3.21. The predicted octanol–water partition coefficient (Wildman–Crippen LogP) is 2.73. The van der Waals surface area contributed by atoms with Gasteiger partial charge in [0.05, 0.1) is 12.3 Å². The number of hydrogen-bond donors (Lipinski definition) is 1. The zero-order valence-electron chi connectivity index (χ0n) is 8.00. The molecule has 1 rings (SSSR count). The average molecular weight is 167 g/mol. The van der Waals surface area contributed by atoms with Crippen LogP contribution in [0.3, 0.4) is 0 Å². The van der Waals surface area contributed by atoms with Gasteiger partial charge in [-0.05, 0) is 32.4 Å². The maximum atomic E-state index is 5.28. The topological polar surface area (TPSA) is 25.2 Å². The number of hydrogen-bond acceptors (Lipinski definition) is 2. The van der Waals surface area contributed by atoms with Crippen molar-refractivity contribution in [3.8, 4) is 0 Å². The van der Waals surface area contributed by atoms with Gasteiger partial charge in [-0.15, -0.1) is 0 Å². The first-order chi connectivity index (χ1) is 5.74. The Morgan fingerprint density at radius 3 is 2.75 bits per heavy atom. The molecule has 2 nitrogen and oxygen atoms in total. The van der Waals surface area contributed by atoms with Gasteiger partial charge in [-0.2, -0.15) is 0 Å². The van der Waals surface area contributed by atoms with Crippen molar-refractivity contribution in [2.24, 2.45) is 0 Å². The van der Waals surface area contributed by atoms with Crippen LogP contribution in [-0.2, 0) is 0 Å². The van der Waals surface area contributed by atoms with E-state index in [0.29, 0.717) is 12.1 Å². The molecule has 1 aromatic rings. The molecule has 0 spiro atoms. The highest BCUT2D eigenvalue weighted by Crippen LogP contribution is 2.13. The van der Waals surface area contributed by atoms with E-state index in [1.165, 1.54) is 0 Å². The first-order valence-corrected chi connectivity index (χ1v) is 4.53. The SMILES string of the molecule is CCC(C)N[C@@H](C)c1ccco1. The predicted molar refractivity (Wildman–Crippen MR) is 50.0 cm³/mol. The minimum atomic E-state index is 0.315. The number of nitrogens with one attached hydrogen (secondary N) is 1. The Hall–Kier alpha value is -0.760. The van der Waals surface area contributed by atoms with Crippen molar-refractivity contribution in [2.75, 3.05) is 0 Å². The fourth-order valence-corrected chi connectivity index (χ4v) is 1.16. The third-order valence-electron chi connectivity index (χ3n) is 2.12. The minimum absolute atomic E-state index is 0.315. The van der Waals surface area contributed by atoms with E-state index in [1.807, 2.05) is 12.1 Å². The Morgan fingerprint density at radius 2 is 2.25 bits per heavy atom. The lowest BCUT2D eigenvalue weighted by Gasteiger charge is -2.16. The molecule has 0 aromatic carbocycles. The lowest BCUT2D eigenvalue weighted by atomic mass is 10.2. The van der Waals surface area contributed by atoms with E-state index < -0.39 is 0 Å². The fraction of sp³-hybridized carbons (Fsp3) is 0.600. The molecule has 2 atom stereocenters. The normalized spacial score (nSPS) is 15.9. The van der Waals surface area contributed by atoms with Crippen LogP contribution in [0.1, 0.15) is 39.0 Å². The highest BCUT2D eigenvalue weighted by molar-refractivity contribution is 5.03. The van der Waals surface area contributed by atoms with Gasteiger partial charge in [0.25, 0.3) is 0 Å². The van der Waals surface area contributed by atoms with E-state index in [1.54, 1.807) is 6.26 Å². The van der Waals surface area contributed by atoms with Crippen LogP contribution in [0.25, 0.3) is 0 Å². The Labute approximate surface area is 74.0 Å². The maximum Gasteiger partial charge on any atom is 0.120 e. The first kappa shape index (κ1) is 9.33. The molecular weight excluding hydrogens is 150 g/mol. The standard InChI is InChI=1S/C10H17NO/c1-4-8(2)11-9(3)10-6-5-7-12-10/h5-9,11H,4H2,1-3H3/t8?,9-/m0/s1. The summed E-state index contributed by atoms with van der Waals surface area (Å²) in [7, 11) is 0. The summed E-state index contributed by atoms with van der Waals surface area (Å²) >= 11 is 0. The van der Waals surface area contributed by atoms with Gasteiger partial charge in [-0.3, -0.25) is 0 Å². The molecule has 0 fully saturated rings. The average Bonchev–Trinajstić information content (AvgIpc) is 2.56. The summed E-state index contributed by atoms with van der Waals surface area (Å²) in [4.78, 5) is 0. The van der Waals surface area contributed by atoms with Gasteiger partial charge in [0, 0.05) is 6.04 Å². The van der Waals surface area contributed by atoms with Crippen LogP contribution in [-0.4, -0.2) is 6.04 Å². The molecule has 0 aliphatic carbocycles. The molecule has 1 aromatic heterocycles. The molecule has 0 aliphatic rings. The van der Waals surface area contributed by atoms with E-state index in [9.17, 15) is 0 Å². The summed E-state index contributed by atoms with van der Waals surface area (Å²) < 4.78 is 5.28. The maximum absolute atomic E-state index is 5.28. The molecule has 0 radical (unpaired) electrons. The van der Waals surface area contributed by atoms with Gasteiger partial charge in [-0.25, -0.2) is 0 Å². The van der Waals surface area contributed by atoms with Crippen molar-refractivity contribution >= 4 is 0 Å². The zero-order chi connectivity index (χ0) is 8.97. The molecule has 1 unspecified atom stereocenters. The summed E-state index contributed by atoms with van der Waals surface area (Å²) in [6, 6.07) is 4.78. The molecule has 0 bridgehead atoms. The van der Waals surface area contributed by atoms with Gasteiger partial charge >= 0.3 is 0 Å². The van der Waals surface area contributed by atoms with E-state index in [0.717, 1.165) is 12.2 Å². The summed E-state index contributed by atoms with van der Waals surface area (Å²) in [5.41, 5.74) is 0. The van der Waals surface area contributed by atoms with Crippen LogP contribution >= 0.6 is 0 Å². The van der Waals surface area contributed by atoms with E-state index >= 15 is 0 Å². The lowest BCUT2D eigenvalue weighted by molar-refractivity contribution is 0.394. The van der Waals surface area contributed by atoms with Gasteiger partial charge in [0.2, 0.25) is 0 Å². The molecule has 0 saturated carbocycles. The van der Waals surface area contributed by atoms with Crippen LogP contribution in [0.5, 0.6) is 0 Å². The van der Waals surface area contributed by atoms with Crippen molar-refractivity contribution in [3.05, 3.63) is 24.2 Å². The molecule has 0 aliphatic heterocycles. The largest absolute Gasteiger partial charge is 0.468 e. The van der Waals surface area contributed by atoms with Crippen molar-refractivity contribution < 1.29 is 4.42 Å². The molecule has 12 heavy (non-hydrogen) atoms. The number of furan rings is 1. The molecule has 1 heterocycles. The lowest BCUT2D eigenvalue weighted by Crippen LogP contribution is -2.27. The summed E-state index contributed by atoms with van der Waals surface area (Å²) in [5.74, 6) is 1.01. The van der Waals surface area contributed by atoms with Crippen molar-refractivity contribution in [3.63, 3.8) is 0 Å². The molecular formula is C10H17NO. The monoisotopic (exact) mass is 167 g/mol. The van der Waals surface area contributed by atoms with E-state index in [-0.39, 0.29) is 0 Å². The zero-order valence-corrected chi connectivity index (χ0v) is 8.00. The van der Waals surface area contributed by atoms with Crippen molar-refractivity contribution in [2.45, 2.75) is 39.3 Å². The van der Waals surface area contributed by atoms with E-state index in [4.69, 9.17) is 4.42 Å². The quantitative estimate of drug-likeness (QED) is 0.746. The van der Waals surface area contributed by atoms with Crippen LogP contribution in [0, 0.1) is 0 Å². The number of rotatable bonds is 4. The molecule has 0 saturated heterocycles. The minimum Gasteiger partial charge on any atom is -0.468 e. The third kappa shape index (κ3) is 2.38. The van der Waals surface area contributed by atoms with Crippen molar-refractivity contribution in [1.82, 2.24) is 5.32 Å². The van der Waals surface area contributed by atoms with Gasteiger partial charge in [0.1, 0.15) is 5.76 Å². The van der Waals surface area contributed by atoms with Crippen LogP contribution in [0.15, 0.2) is 22.8 Å². The second-order valence-electron chi connectivity index (χ2n) is 3.21. The van der Waals surface area contributed by atoms with Crippen LogP contribution in [0.4, 0.5) is 0 Å². The molecule has 2 heteroatoms. The van der Waals surface area contributed by atoms with Crippen LogP contribution < -0.4 is 5.32 Å². The molecule has 1 N–H and O–H groups in total. The summed E-state index contributed by atoms with van der Waals surface area (Å²) in [6.07, 6.45) is 2.86. The van der Waals surface area contributed by atoms with Crippen LogP contribution in [0.2, 0.25) is 0 Å². The van der Waals surface area contributed by atoms with Gasteiger partial charge in [-0.1, -0.05) is 6.92 Å². The highest BCUT2D eigenvalue weighted by Gasteiger charge is 2.09. The van der Waals surface area contributed by atoms with E-state index in [2.05, 4.69) is 26.1 Å². The van der Waals surface area contributed by atoms with Gasteiger partial charge in [0.15, 0.2) is 0 Å². The highest BCUT2D eigenvalue weighted by atomic mass is 16.3. The Bertz CT molecular complexity index is 206. The Morgan fingerprint density at radius 1 is 1.50 bits per heavy atom. The smallest absolute Gasteiger partial charge is 0.120 e. The Kier molecular flexibility index (Phi) is 3.35. The summed E-state index contributed by atoms with van der Waals surface area (Å²) in [5, 5.41) is 3.44. The van der Waals surface area contributed by atoms with Crippen molar-refractivity contribution in [1.29, 1.82) is 0 Å². The van der Waals surface area contributed by atoms with Gasteiger partial charge < -0.3 is 9.73 Å². The molecule has 68 valence electrons. The second kappa shape index (κ2) is 4.31. The third-order valence-corrected chi connectivity index (χ3v) is 2.12.